The van der Waals surface area contributed by atoms with Crippen molar-refractivity contribution in [2.45, 2.75) is 292 Å². The number of rotatable bonds is 53. The normalized spacial score (nSPS) is 20.4. The van der Waals surface area contributed by atoms with E-state index in [1.807, 2.05) is 19.6 Å². The number of unbranched alkanes of at least 4 members (excludes halogenated alkanes) is 1. The third kappa shape index (κ3) is 57.2. The zero-order valence-electron chi connectivity index (χ0n) is 66.5. The number of aliphatic hydroxyl groups is 14. The van der Waals surface area contributed by atoms with E-state index in [4.69, 9.17) is 87.9 Å². The molecule has 15 N–H and O–H groups in total. The third-order valence-electron chi connectivity index (χ3n) is 15.7. The Labute approximate surface area is 615 Å². The minimum Gasteiger partial charge on any atom is -0.436 e. The molecular formula is C63H154O27Si10. The molecule has 1 aliphatic rings. The summed E-state index contributed by atoms with van der Waals surface area (Å²) < 4.78 is 69.9. The minimum atomic E-state index is -3.29. The number of hydrogen-bond acceptors (Lipinski definition) is 27. The Morgan fingerprint density at radius 3 is 1.06 bits per heavy atom. The van der Waals surface area contributed by atoms with Crippen molar-refractivity contribution in [3.63, 3.8) is 0 Å². The van der Waals surface area contributed by atoms with Crippen LogP contribution in [0.15, 0.2) is 0 Å². The minimum absolute atomic E-state index is 0.0235. The van der Waals surface area contributed by atoms with Gasteiger partial charge in [0.25, 0.3) is 0 Å². The second kappa shape index (κ2) is 55.5. The fourth-order valence-electron chi connectivity index (χ4n) is 10.9. The van der Waals surface area contributed by atoms with Gasteiger partial charge in [0.2, 0.25) is 0 Å². The van der Waals surface area contributed by atoms with Gasteiger partial charge in [-0.15, -0.1) is 0 Å². The summed E-state index contributed by atoms with van der Waals surface area (Å²) >= 11 is 0. The smallest absolute Gasteiger partial charge is 0.436 e. The maximum Gasteiger partial charge on any atom is 0.490 e. The summed E-state index contributed by atoms with van der Waals surface area (Å²) in [6, 6.07) is 6.55. The zero-order valence-corrected chi connectivity index (χ0v) is 76.5. The first-order valence-electron chi connectivity index (χ1n) is 36.2. The highest BCUT2D eigenvalue weighted by Gasteiger charge is 2.45. The van der Waals surface area contributed by atoms with Crippen LogP contribution in [0.3, 0.4) is 0 Å². The van der Waals surface area contributed by atoms with Gasteiger partial charge in [-0.25, -0.2) is 0 Å². The molecule has 1 aliphatic carbocycles. The molecular weight excluding hydrogens is 1470 g/mol. The summed E-state index contributed by atoms with van der Waals surface area (Å²) in [6.45, 7) is 35.7. The predicted molar refractivity (Wildman–Crippen MR) is 419 cm³/mol. The Bertz CT molecular complexity index is 1930. The summed E-state index contributed by atoms with van der Waals surface area (Å²) in [5.74, 6) is 0.430. The summed E-state index contributed by atoms with van der Waals surface area (Å²) in [5.41, 5.74) is -1.23. The van der Waals surface area contributed by atoms with E-state index in [0.717, 1.165) is 93.3 Å². The topological polar surface area (TPSA) is 414 Å². The maximum absolute atomic E-state index is 9.93. The van der Waals surface area contributed by atoms with Crippen LogP contribution in [0, 0.1) is 5.92 Å². The quantitative estimate of drug-likeness (QED) is 0.0221. The molecule has 0 saturated heterocycles. The molecule has 1 rings (SSSR count). The van der Waals surface area contributed by atoms with Crippen molar-refractivity contribution in [2.75, 3.05) is 108 Å². The standard InChI is InChI=1S/C15H36O6Si2.C15H34O5Si2.C13H32O6Si2.C13H32O5Si2.C7H20O5Si2/c1-14(17)15(2,18)13-20-10-8-12-23(19-3,11-7-9-16)21-22(4,5)6;1-19-22(10-5-9-16,20-21(2,3)4)11-8-13-6-7-14(17)15(18)12-13;1-17-21(9-5-7-14,19-20(2,3)4)10-6-8-18-12-13(16)11-15;1-17-20(11-7-9-14,18-19(2,3)4)10-6-5-8-13(16)12-15;1-11-14(10,6-7(9)5-8)12-13(2,3)4/h14,16-18H,7-13H2,1-6H3;13-18H,5-12H2,1-4H3;13-16H,5-12H2,1-4H3;13-16H,5-12H2,1-4H3;7-10H,5-6H2,1-4H3. The highest BCUT2D eigenvalue weighted by molar-refractivity contribution is 6.84. The van der Waals surface area contributed by atoms with Gasteiger partial charge in [0, 0.05) is 81.2 Å². The number of ether oxygens (including phenoxy) is 2. The lowest BCUT2D eigenvalue weighted by Crippen LogP contribution is -2.51. The Morgan fingerprint density at radius 2 is 0.750 bits per heavy atom. The van der Waals surface area contributed by atoms with Crippen molar-refractivity contribution >= 4 is 84.6 Å². The lowest BCUT2D eigenvalue weighted by atomic mass is 9.84. The molecule has 13 unspecified atom stereocenters. The van der Waals surface area contributed by atoms with E-state index in [9.17, 15) is 40.5 Å². The fourth-order valence-corrected chi connectivity index (χ4v) is 47.1. The fraction of sp³-hybridized carbons (Fsp3) is 1.00. The highest BCUT2D eigenvalue weighted by atomic mass is 28.5. The molecule has 0 radical (unpaired) electrons. The van der Waals surface area contributed by atoms with E-state index < -0.39 is 133 Å². The Hall–Kier alpha value is 1.09. The predicted octanol–water partition coefficient (Wildman–Crippen LogP) is 6.74. The first kappa shape index (κ1) is 107. The molecule has 0 aromatic heterocycles. The average molecular weight is 1620 g/mol. The molecule has 608 valence electrons. The van der Waals surface area contributed by atoms with E-state index in [2.05, 4.69) is 78.6 Å². The van der Waals surface area contributed by atoms with Gasteiger partial charge in [-0.1, -0.05) is 12.8 Å². The van der Waals surface area contributed by atoms with Gasteiger partial charge in [-0.3, -0.25) is 0 Å². The third-order valence-corrected chi connectivity index (χ3v) is 48.6. The number of hydrogen-bond donors (Lipinski definition) is 15. The van der Waals surface area contributed by atoms with Crippen LogP contribution in [0.2, 0.25) is 153 Å². The molecule has 37 heteroatoms. The second-order valence-electron chi connectivity index (χ2n) is 31.4. The van der Waals surface area contributed by atoms with Crippen LogP contribution in [0.4, 0.5) is 0 Å². The number of aliphatic hydroxyl groups excluding tert-OH is 13. The van der Waals surface area contributed by atoms with E-state index in [1.54, 1.807) is 42.3 Å². The molecule has 13 atom stereocenters. The van der Waals surface area contributed by atoms with Crippen molar-refractivity contribution in [1.82, 2.24) is 0 Å². The molecule has 1 fully saturated rings. The van der Waals surface area contributed by atoms with Crippen LogP contribution in [0.1, 0.15) is 97.3 Å². The van der Waals surface area contributed by atoms with Crippen LogP contribution in [-0.2, 0) is 52.2 Å². The zero-order chi connectivity index (χ0) is 78.4. The van der Waals surface area contributed by atoms with Crippen LogP contribution in [0.25, 0.3) is 0 Å². The summed E-state index contributed by atoms with van der Waals surface area (Å²) in [4.78, 5) is 9.92. The molecule has 0 amide bonds. The average Bonchev–Trinajstić information content (AvgIpc) is 0.840. The molecule has 0 aromatic carbocycles. The molecule has 27 nitrogen and oxygen atoms in total. The molecule has 1 saturated carbocycles. The Balaban J connectivity index is -0.000000581. The van der Waals surface area contributed by atoms with Crippen LogP contribution in [0.5, 0.6) is 0 Å². The Kier molecular flexibility index (Phi) is 59.6. The molecule has 0 aromatic rings. The van der Waals surface area contributed by atoms with Gasteiger partial charge >= 0.3 is 43.0 Å². The molecule has 0 bridgehead atoms. The van der Waals surface area contributed by atoms with Crippen molar-refractivity contribution in [3.8, 4) is 0 Å². The van der Waals surface area contributed by atoms with Gasteiger partial charge in [-0.05, 0) is 237 Å². The van der Waals surface area contributed by atoms with Crippen molar-refractivity contribution in [3.05, 3.63) is 0 Å². The SMILES string of the molecule is CO[Si](CCCO)(CCC1CCC(O)C(O)C1)O[Si](C)(C)C.CO[Si](CCCO)(CCCCC(O)CO)O[Si](C)(C)C.CO[Si](CCCO)(CCCOCC(C)(O)C(C)O)O[Si](C)(C)C.CO[Si](CCCO)(CCCOCC(O)CO)O[Si](C)(C)C.CO[Si](O)(CC(O)CO)O[Si](C)(C)C. The lowest BCUT2D eigenvalue weighted by molar-refractivity contribution is -0.102. The molecule has 0 spiro atoms. The van der Waals surface area contributed by atoms with Gasteiger partial charge in [0.1, 0.15) is 11.7 Å². The summed E-state index contributed by atoms with van der Waals surface area (Å²) in [5, 5.41) is 129. The van der Waals surface area contributed by atoms with Gasteiger partial charge in [0.05, 0.1) is 63.6 Å². The summed E-state index contributed by atoms with van der Waals surface area (Å²) in [7, 11) is -13.0. The van der Waals surface area contributed by atoms with Crippen molar-refractivity contribution < 1.29 is 128 Å². The molecule has 0 aliphatic heterocycles. The van der Waals surface area contributed by atoms with Gasteiger partial charge < -0.3 is 128 Å². The summed E-state index contributed by atoms with van der Waals surface area (Å²) in [6.07, 6.45) is 5.61. The first-order valence-corrected chi connectivity index (χ1v) is 64.1. The van der Waals surface area contributed by atoms with Gasteiger partial charge in [0.15, 0.2) is 41.6 Å². The van der Waals surface area contributed by atoms with Crippen LogP contribution >= 0.6 is 0 Å². The Morgan fingerprint density at radius 1 is 0.410 bits per heavy atom. The first-order chi connectivity index (χ1) is 46.0. The highest BCUT2D eigenvalue weighted by Crippen LogP contribution is 2.35. The molecule has 0 heterocycles. The van der Waals surface area contributed by atoms with Crippen LogP contribution in [-0.4, -0.2) is 311 Å². The van der Waals surface area contributed by atoms with E-state index >= 15 is 0 Å². The van der Waals surface area contributed by atoms with E-state index in [-0.39, 0.29) is 58.9 Å². The largest absolute Gasteiger partial charge is 0.490 e. The maximum atomic E-state index is 9.93. The van der Waals surface area contributed by atoms with Gasteiger partial charge in [-0.2, -0.15) is 0 Å². The van der Waals surface area contributed by atoms with E-state index in [0.29, 0.717) is 57.7 Å². The van der Waals surface area contributed by atoms with Crippen LogP contribution < -0.4 is 0 Å². The van der Waals surface area contributed by atoms with E-state index in [1.165, 1.54) is 7.11 Å². The second-order valence-corrected chi connectivity index (χ2v) is 71.8. The van der Waals surface area contributed by atoms with Crippen molar-refractivity contribution in [2.24, 2.45) is 5.92 Å². The van der Waals surface area contributed by atoms with Crippen molar-refractivity contribution in [1.29, 1.82) is 0 Å². The monoisotopic (exact) mass is 1620 g/mol. The lowest BCUT2D eigenvalue weighted by Gasteiger charge is -2.37. The molecule has 100 heavy (non-hydrogen) atoms.